The van der Waals surface area contributed by atoms with Crippen LogP contribution in [0.3, 0.4) is 0 Å². The highest BCUT2D eigenvalue weighted by Gasteiger charge is 2.48. The van der Waals surface area contributed by atoms with Crippen LogP contribution in [-0.2, 0) is 12.0 Å². The standard InChI is InChI=1S/C34H26F2N4O3/c1-18-2-5-20(33(42)40-34(12-13-34)31-23-10-14-38-25(23)11-15-39-31)17-24(18)22-8-9-26-28(30(22)36)29(32(37)41)27(43-26)16-19-3-6-21(35)7-4-19/h2-11,14-15,17,38H,12-13,16H2,1H3,(H2,37,41)(H,40,42). The Morgan fingerprint density at radius 3 is 2.56 bits per heavy atom. The number of primary amides is 1. The maximum absolute atomic E-state index is 16.3. The second-order valence-corrected chi connectivity index (χ2v) is 11.0. The average molecular weight is 577 g/mol. The molecule has 9 heteroatoms. The van der Waals surface area contributed by atoms with Crippen molar-refractivity contribution in [3.05, 3.63) is 124 Å². The number of hydrogen-bond donors (Lipinski definition) is 3. The first kappa shape index (κ1) is 26.6. The van der Waals surface area contributed by atoms with E-state index in [1.165, 1.54) is 12.1 Å². The second-order valence-electron chi connectivity index (χ2n) is 11.0. The summed E-state index contributed by atoms with van der Waals surface area (Å²) in [7, 11) is 0. The fraction of sp³-hybridized carbons (Fsp3) is 0.147. The van der Waals surface area contributed by atoms with Gasteiger partial charge in [0.15, 0.2) is 0 Å². The summed E-state index contributed by atoms with van der Waals surface area (Å²) >= 11 is 0. The van der Waals surface area contributed by atoms with Crippen molar-refractivity contribution in [3.8, 4) is 11.1 Å². The van der Waals surface area contributed by atoms with E-state index in [2.05, 4.69) is 15.3 Å². The highest BCUT2D eigenvalue weighted by atomic mass is 19.1. The van der Waals surface area contributed by atoms with E-state index in [1.807, 2.05) is 25.3 Å². The Kier molecular flexibility index (Phi) is 6.12. The van der Waals surface area contributed by atoms with Crippen LogP contribution in [0.4, 0.5) is 8.78 Å². The molecular formula is C34H26F2N4O3. The number of hydrogen-bond acceptors (Lipinski definition) is 4. The average Bonchev–Trinajstić information content (AvgIpc) is 3.42. The Balaban J connectivity index is 1.25. The van der Waals surface area contributed by atoms with Gasteiger partial charge in [0.2, 0.25) is 0 Å². The zero-order chi connectivity index (χ0) is 29.9. The third-order valence-corrected chi connectivity index (χ3v) is 8.22. The molecule has 0 saturated heterocycles. The maximum atomic E-state index is 16.3. The molecule has 3 aromatic heterocycles. The minimum Gasteiger partial charge on any atom is -0.460 e. The molecule has 4 N–H and O–H groups in total. The molecule has 214 valence electrons. The Morgan fingerprint density at radius 2 is 1.81 bits per heavy atom. The van der Waals surface area contributed by atoms with Crippen LogP contribution in [-0.4, -0.2) is 21.8 Å². The molecule has 0 unspecified atom stereocenters. The predicted molar refractivity (Wildman–Crippen MR) is 159 cm³/mol. The Labute approximate surface area is 244 Å². The third-order valence-electron chi connectivity index (χ3n) is 8.22. The third kappa shape index (κ3) is 4.53. The number of pyridine rings is 1. The van der Waals surface area contributed by atoms with Gasteiger partial charge in [0.25, 0.3) is 11.8 Å². The molecule has 0 bridgehead atoms. The molecule has 3 heterocycles. The Bertz CT molecular complexity index is 2070. The van der Waals surface area contributed by atoms with E-state index in [1.54, 1.807) is 48.7 Å². The number of fused-ring (bicyclic) bond motifs is 2. The number of carbonyl (C=O) groups is 2. The number of nitrogens with zero attached hydrogens (tertiary/aromatic N) is 1. The van der Waals surface area contributed by atoms with Gasteiger partial charge in [0, 0.05) is 40.8 Å². The molecule has 6 aromatic rings. The highest BCUT2D eigenvalue weighted by molar-refractivity contribution is 6.08. The summed E-state index contributed by atoms with van der Waals surface area (Å²) in [6.07, 6.45) is 5.22. The second kappa shape index (κ2) is 9.90. The number of H-pyrrole nitrogens is 1. The smallest absolute Gasteiger partial charge is 0.253 e. The van der Waals surface area contributed by atoms with E-state index >= 15 is 4.39 Å². The lowest BCUT2D eigenvalue weighted by Gasteiger charge is -2.19. The summed E-state index contributed by atoms with van der Waals surface area (Å²) in [5, 5.41) is 4.10. The topological polar surface area (TPSA) is 114 Å². The van der Waals surface area contributed by atoms with E-state index in [0.29, 0.717) is 16.7 Å². The van der Waals surface area contributed by atoms with Gasteiger partial charge >= 0.3 is 0 Å². The van der Waals surface area contributed by atoms with Crippen molar-refractivity contribution in [2.45, 2.75) is 31.7 Å². The number of aryl methyl sites for hydroxylation is 1. The number of furan rings is 1. The molecule has 0 atom stereocenters. The number of carbonyl (C=O) groups excluding carboxylic acids is 2. The van der Waals surface area contributed by atoms with E-state index in [4.69, 9.17) is 10.2 Å². The van der Waals surface area contributed by atoms with Crippen molar-refractivity contribution in [3.63, 3.8) is 0 Å². The van der Waals surface area contributed by atoms with Gasteiger partial charge in [-0.1, -0.05) is 18.2 Å². The molecule has 7 nitrogen and oxygen atoms in total. The van der Waals surface area contributed by atoms with Crippen LogP contribution in [0.25, 0.3) is 33.0 Å². The predicted octanol–water partition coefficient (Wildman–Crippen LogP) is 6.67. The van der Waals surface area contributed by atoms with Crippen LogP contribution in [0.1, 0.15) is 56.1 Å². The number of rotatable bonds is 7. The van der Waals surface area contributed by atoms with Crippen LogP contribution >= 0.6 is 0 Å². The highest BCUT2D eigenvalue weighted by Crippen LogP contribution is 2.47. The van der Waals surface area contributed by atoms with E-state index < -0.39 is 23.1 Å². The SMILES string of the molecule is Cc1ccc(C(=O)NC2(c3nccc4[nH]ccc34)CC2)cc1-c1ccc2oc(Cc3ccc(F)cc3)c(C(N)=O)c2c1F. The maximum Gasteiger partial charge on any atom is 0.253 e. The van der Waals surface area contributed by atoms with Crippen molar-refractivity contribution in [2.24, 2.45) is 5.73 Å². The zero-order valence-corrected chi connectivity index (χ0v) is 23.1. The molecular weight excluding hydrogens is 550 g/mol. The molecule has 1 fully saturated rings. The fourth-order valence-corrected chi connectivity index (χ4v) is 5.83. The quantitative estimate of drug-likeness (QED) is 0.197. The van der Waals surface area contributed by atoms with Gasteiger partial charge in [-0.3, -0.25) is 14.6 Å². The van der Waals surface area contributed by atoms with Gasteiger partial charge in [-0.15, -0.1) is 0 Å². The molecule has 43 heavy (non-hydrogen) atoms. The van der Waals surface area contributed by atoms with Crippen LogP contribution < -0.4 is 11.1 Å². The Hall–Kier alpha value is -5.31. The summed E-state index contributed by atoms with van der Waals surface area (Å²) in [5.41, 5.74) is 9.50. The first-order chi connectivity index (χ1) is 20.7. The molecule has 0 spiro atoms. The number of benzene rings is 3. The molecule has 7 rings (SSSR count). The summed E-state index contributed by atoms with van der Waals surface area (Å²) in [5.74, 6) is -2.01. The summed E-state index contributed by atoms with van der Waals surface area (Å²) in [4.78, 5) is 33.9. The van der Waals surface area contributed by atoms with Crippen LogP contribution in [0.15, 0.2) is 83.5 Å². The van der Waals surface area contributed by atoms with Crippen molar-refractivity contribution in [1.82, 2.24) is 15.3 Å². The molecule has 0 radical (unpaired) electrons. The number of amides is 2. The van der Waals surface area contributed by atoms with Crippen molar-refractivity contribution < 1.29 is 22.8 Å². The number of nitrogens with one attached hydrogen (secondary N) is 2. The number of aromatic nitrogens is 2. The van der Waals surface area contributed by atoms with Crippen molar-refractivity contribution in [2.75, 3.05) is 0 Å². The molecule has 2 amide bonds. The van der Waals surface area contributed by atoms with Crippen molar-refractivity contribution in [1.29, 1.82) is 0 Å². The fourth-order valence-electron chi connectivity index (χ4n) is 5.83. The first-order valence-electron chi connectivity index (χ1n) is 13.9. The van der Waals surface area contributed by atoms with Crippen LogP contribution in [0, 0.1) is 18.6 Å². The van der Waals surface area contributed by atoms with E-state index in [-0.39, 0.29) is 40.2 Å². The molecule has 1 aliphatic rings. The van der Waals surface area contributed by atoms with Gasteiger partial charge in [0.1, 0.15) is 23.0 Å². The van der Waals surface area contributed by atoms with Gasteiger partial charge in [-0.25, -0.2) is 8.78 Å². The van der Waals surface area contributed by atoms with Gasteiger partial charge in [-0.2, -0.15) is 0 Å². The number of aromatic amines is 1. The summed E-state index contributed by atoms with van der Waals surface area (Å²) in [6.45, 7) is 1.82. The monoisotopic (exact) mass is 576 g/mol. The van der Waals surface area contributed by atoms with Crippen LogP contribution in [0.2, 0.25) is 0 Å². The molecule has 3 aromatic carbocycles. The number of halogens is 2. The van der Waals surface area contributed by atoms with Gasteiger partial charge in [-0.05, 0) is 85.0 Å². The molecule has 1 aliphatic carbocycles. The lowest BCUT2D eigenvalue weighted by Crippen LogP contribution is -2.35. The van der Waals surface area contributed by atoms with Crippen LogP contribution in [0.5, 0.6) is 0 Å². The first-order valence-corrected chi connectivity index (χ1v) is 13.9. The van der Waals surface area contributed by atoms with Gasteiger partial charge in [0.05, 0.1) is 22.2 Å². The van der Waals surface area contributed by atoms with Gasteiger partial charge < -0.3 is 20.5 Å². The minimum atomic E-state index is -0.836. The van der Waals surface area contributed by atoms with Crippen molar-refractivity contribution >= 4 is 33.7 Å². The Morgan fingerprint density at radius 1 is 1.02 bits per heavy atom. The minimum absolute atomic E-state index is 0.0287. The van der Waals surface area contributed by atoms with E-state index in [0.717, 1.165) is 35.0 Å². The zero-order valence-electron chi connectivity index (χ0n) is 23.1. The summed E-state index contributed by atoms with van der Waals surface area (Å²) in [6, 6.07) is 17.9. The molecule has 0 aliphatic heterocycles. The molecule has 1 saturated carbocycles. The lowest BCUT2D eigenvalue weighted by atomic mass is 9.94. The lowest BCUT2D eigenvalue weighted by molar-refractivity contribution is 0.0929. The number of nitrogens with two attached hydrogens (primary N) is 1. The largest absolute Gasteiger partial charge is 0.460 e. The normalized spacial score (nSPS) is 13.8. The summed E-state index contributed by atoms with van der Waals surface area (Å²) < 4.78 is 35.6. The van der Waals surface area contributed by atoms with E-state index in [9.17, 15) is 14.0 Å².